The molecule has 2 aromatic carbocycles. The Bertz CT molecular complexity index is 1000. The molecule has 0 unspecified atom stereocenters. The fraction of sp³-hybridized carbons (Fsp3) is 0.111. The fourth-order valence-corrected chi connectivity index (χ4v) is 2.98. The summed E-state index contributed by atoms with van der Waals surface area (Å²) in [5.74, 6) is -0.582. The van der Waals surface area contributed by atoms with Crippen molar-refractivity contribution in [1.29, 1.82) is 0 Å². The lowest BCUT2D eigenvalue weighted by Gasteiger charge is -2.15. The Hall–Kier alpha value is -3.28. The lowest BCUT2D eigenvalue weighted by molar-refractivity contribution is 0.0648. The molecule has 0 saturated carbocycles. The third-order valence-electron chi connectivity index (χ3n) is 4.18. The summed E-state index contributed by atoms with van der Waals surface area (Å²) in [6.07, 6.45) is 1.25. The van der Waals surface area contributed by atoms with Gasteiger partial charge in [0.1, 0.15) is 0 Å². The Morgan fingerprint density at radius 3 is 2.12 bits per heavy atom. The van der Waals surface area contributed by atoms with Gasteiger partial charge < -0.3 is 0 Å². The van der Waals surface area contributed by atoms with E-state index in [1.807, 2.05) is 6.07 Å². The lowest BCUT2D eigenvalue weighted by atomic mass is 10.1. The summed E-state index contributed by atoms with van der Waals surface area (Å²) in [6, 6.07) is 13.9. The van der Waals surface area contributed by atoms with E-state index in [1.165, 1.54) is 11.1 Å². The van der Waals surface area contributed by atoms with Gasteiger partial charge >= 0.3 is 0 Å². The standard InChI is InChI=1S/C18H13N3O3/c22-16-11-19-21(15-8-4-3-7-14(15)16)10-9-20-17(23)12-5-1-2-6-13(12)18(20)24/h1-8,11H,9-10H2. The molecule has 2 amide bonds. The van der Waals surface area contributed by atoms with Crippen LogP contribution in [0.5, 0.6) is 0 Å². The smallest absolute Gasteiger partial charge is 0.261 e. The molecular weight excluding hydrogens is 306 g/mol. The zero-order valence-electron chi connectivity index (χ0n) is 12.7. The number of carbonyl (C=O) groups excluding carboxylic acids is 2. The summed E-state index contributed by atoms with van der Waals surface area (Å²) in [5.41, 5.74) is 1.39. The Labute approximate surface area is 136 Å². The van der Waals surface area contributed by atoms with Gasteiger partial charge in [0.05, 0.1) is 29.4 Å². The van der Waals surface area contributed by atoms with Crippen LogP contribution in [-0.2, 0) is 6.54 Å². The molecule has 3 aromatic rings. The maximum atomic E-state index is 12.4. The lowest BCUT2D eigenvalue weighted by Crippen LogP contribution is -2.33. The number of imide groups is 1. The highest BCUT2D eigenvalue weighted by molar-refractivity contribution is 6.21. The minimum absolute atomic E-state index is 0.150. The van der Waals surface area contributed by atoms with E-state index in [9.17, 15) is 14.4 Å². The predicted molar refractivity (Wildman–Crippen MR) is 87.8 cm³/mol. The van der Waals surface area contributed by atoms with E-state index in [4.69, 9.17) is 0 Å². The number of carbonyl (C=O) groups is 2. The minimum Gasteiger partial charge on any atom is -0.287 e. The highest BCUT2D eigenvalue weighted by Gasteiger charge is 2.34. The summed E-state index contributed by atoms with van der Waals surface area (Å²) in [7, 11) is 0. The number of para-hydroxylation sites is 1. The molecule has 1 aliphatic rings. The molecule has 118 valence electrons. The maximum Gasteiger partial charge on any atom is 0.261 e. The van der Waals surface area contributed by atoms with Crippen LogP contribution in [0.25, 0.3) is 10.9 Å². The summed E-state index contributed by atoms with van der Waals surface area (Å²) >= 11 is 0. The maximum absolute atomic E-state index is 12.4. The van der Waals surface area contributed by atoms with Gasteiger partial charge in [0.2, 0.25) is 5.43 Å². The van der Waals surface area contributed by atoms with Gasteiger partial charge in [-0.3, -0.25) is 24.0 Å². The minimum atomic E-state index is -0.291. The molecule has 0 atom stereocenters. The SMILES string of the molecule is O=C1c2ccccc2C(=O)N1CCn1ncc(=O)c2ccccc21. The van der Waals surface area contributed by atoms with Crippen LogP contribution in [-0.4, -0.2) is 33.0 Å². The molecule has 0 aliphatic carbocycles. The second kappa shape index (κ2) is 5.42. The quantitative estimate of drug-likeness (QED) is 0.689. The highest BCUT2D eigenvalue weighted by atomic mass is 16.2. The third-order valence-corrected chi connectivity index (χ3v) is 4.18. The van der Waals surface area contributed by atoms with Gasteiger partial charge in [-0.25, -0.2) is 0 Å². The van der Waals surface area contributed by atoms with Crippen molar-refractivity contribution in [2.24, 2.45) is 0 Å². The van der Waals surface area contributed by atoms with E-state index in [0.29, 0.717) is 28.6 Å². The first-order valence-corrected chi connectivity index (χ1v) is 7.57. The molecule has 0 N–H and O–H groups in total. The molecule has 0 saturated heterocycles. The molecule has 6 nitrogen and oxygen atoms in total. The first-order chi connectivity index (χ1) is 11.7. The van der Waals surface area contributed by atoms with Crippen molar-refractivity contribution < 1.29 is 9.59 Å². The molecule has 6 heteroatoms. The second-order valence-corrected chi connectivity index (χ2v) is 5.56. The van der Waals surface area contributed by atoms with Crippen LogP contribution in [0.15, 0.2) is 59.5 Å². The van der Waals surface area contributed by atoms with E-state index >= 15 is 0 Å². The molecule has 0 radical (unpaired) electrons. The third kappa shape index (κ3) is 2.11. The summed E-state index contributed by atoms with van der Waals surface area (Å²) in [4.78, 5) is 37.8. The van der Waals surface area contributed by atoms with Crippen LogP contribution < -0.4 is 5.43 Å². The van der Waals surface area contributed by atoms with Crippen LogP contribution in [0, 0.1) is 0 Å². The van der Waals surface area contributed by atoms with Gasteiger partial charge in [-0.1, -0.05) is 24.3 Å². The Balaban J connectivity index is 1.63. The van der Waals surface area contributed by atoms with Crippen LogP contribution in [0.1, 0.15) is 20.7 Å². The number of amides is 2. The number of rotatable bonds is 3. The van der Waals surface area contributed by atoms with E-state index in [1.54, 1.807) is 47.1 Å². The van der Waals surface area contributed by atoms with Crippen molar-refractivity contribution >= 4 is 22.7 Å². The number of aromatic nitrogens is 2. The molecule has 1 aromatic heterocycles. The van der Waals surface area contributed by atoms with Gasteiger partial charge in [-0.2, -0.15) is 5.10 Å². The van der Waals surface area contributed by atoms with Crippen molar-refractivity contribution in [3.05, 3.63) is 76.1 Å². The molecule has 1 aliphatic heterocycles. The summed E-state index contributed by atoms with van der Waals surface area (Å²) in [6.45, 7) is 0.526. The van der Waals surface area contributed by atoms with Crippen LogP contribution in [0.4, 0.5) is 0 Å². The fourth-order valence-electron chi connectivity index (χ4n) is 2.98. The Kier molecular flexibility index (Phi) is 3.23. The van der Waals surface area contributed by atoms with Gasteiger partial charge in [0.25, 0.3) is 11.8 Å². The number of hydrogen-bond donors (Lipinski definition) is 0. The average molecular weight is 319 g/mol. The van der Waals surface area contributed by atoms with Crippen LogP contribution >= 0.6 is 0 Å². The second-order valence-electron chi connectivity index (χ2n) is 5.56. The predicted octanol–water partition coefficient (Wildman–Crippen LogP) is 1.69. The summed E-state index contributed by atoms with van der Waals surface area (Å²) in [5, 5.41) is 4.69. The average Bonchev–Trinajstić information content (AvgIpc) is 2.86. The van der Waals surface area contributed by atoms with Crippen molar-refractivity contribution in [3.8, 4) is 0 Å². The molecule has 0 bridgehead atoms. The van der Waals surface area contributed by atoms with Crippen molar-refractivity contribution in [2.45, 2.75) is 6.54 Å². The normalized spacial score (nSPS) is 13.6. The van der Waals surface area contributed by atoms with E-state index < -0.39 is 0 Å². The zero-order valence-corrected chi connectivity index (χ0v) is 12.7. The molecule has 4 rings (SSSR count). The van der Waals surface area contributed by atoms with E-state index in [0.717, 1.165) is 0 Å². The largest absolute Gasteiger partial charge is 0.287 e. The first-order valence-electron chi connectivity index (χ1n) is 7.57. The zero-order chi connectivity index (χ0) is 16.7. The number of fused-ring (bicyclic) bond motifs is 2. The molecule has 0 fully saturated rings. The van der Waals surface area contributed by atoms with Gasteiger partial charge in [-0.15, -0.1) is 0 Å². The monoisotopic (exact) mass is 319 g/mol. The van der Waals surface area contributed by atoms with Crippen LogP contribution in [0.2, 0.25) is 0 Å². The molecule has 2 heterocycles. The molecule has 0 spiro atoms. The highest BCUT2D eigenvalue weighted by Crippen LogP contribution is 2.22. The van der Waals surface area contributed by atoms with Gasteiger partial charge in [0.15, 0.2) is 0 Å². The van der Waals surface area contributed by atoms with Crippen LogP contribution in [0.3, 0.4) is 0 Å². The van der Waals surface area contributed by atoms with Crippen molar-refractivity contribution in [1.82, 2.24) is 14.7 Å². The van der Waals surface area contributed by atoms with Crippen molar-refractivity contribution in [3.63, 3.8) is 0 Å². The Morgan fingerprint density at radius 1 is 0.792 bits per heavy atom. The first kappa shape index (κ1) is 14.3. The molecular formula is C18H13N3O3. The summed E-state index contributed by atoms with van der Waals surface area (Å²) < 4.78 is 1.64. The van der Waals surface area contributed by atoms with E-state index in [-0.39, 0.29) is 23.8 Å². The number of nitrogens with zero attached hydrogens (tertiary/aromatic N) is 3. The van der Waals surface area contributed by atoms with Gasteiger partial charge in [0, 0.05) is 11.9 Å². The topological polar surface area (TPSA) is 72.3 Å². The van der Waals surface area contributed by atoms with Gasteiger partial charge in [-0.05, 0) is 24.3 Å². The number of hydrogen-bond acceptors (Lipinski definition) is 4. The molecule has 24 heavy (non-hydrogen) atoms. The Morgan fingerprint density at radius 2 is 1.42 bits per heavy atom. The van der Waals surface area contributed by atoms with E-state index in [2.05, 4.69) is 5.10 Å². The number of benzene rings is 2. The van der Waals surface area contributed by atoms with Crippen molar-refractivity contribution in [2.75, 3.05) is 6.54 Å².